The fourth-order valence-electron chi connectivity index (χ4n) is 2.31. The molecule has 1 aromatic carbocycles. The van der Waals surface area contributed by atoms with Crippen molar-refractivity contribution >= 4 is 35.1 Å². The monoisotopic (exact) mass is 339 g/mol. The molecule has 114 valence electrons. The number of benzene rings is 1. The summed E-state index contributed by atoms with van der Waals surface area (Å²) in [5.41, 5.74) is 0.457. The predicted molar refractivity (Wildman–Crippen MR) is 84.0 cm³/mol. The van der Waals surface area contributed by atoms with Gasteiger partial charge in [0, 0.05) is 28.7 Å². The van der Waals surface area contributed by atoms with Gasteiger partial charge in [0.15, 0.2) is 0 Å². The molecule has 4 nitrogen and oxygen atoms in total. The van der Waals surface area contributed by atoms with E-state index >= 15 is 0 Å². The van der Waals surface area contributed by atoms with E-state index in [4.69, 9.17) is 23.2 Å². The van der Waals surface area contributed by atoms with Crippen LogP contribution < -0.4 is 10.6 Å². The van der Waals surface area contributed by atoms with E-state index in [2.05, 4.69) is 15.6 Å². The van der Waals surface area contributed by atoms with Gasteiger partial charge in [-0.25, -0.2) is 14.2 Å². The minimum absolute atomic E-state index is 0.0994. The van der Waals surface area contributed by atoms with Gasteiger partial charge in [-0.3, -0.25) is 5.32 Å². The number of amides is 2. The molecule has 7 heteroatoms. The van der Waals surface area contributed by atoms with Gasteiger partial charge in [0.05, 0.1) is 5.02 Å². The highest BCUT2D eigenvalue weighted by Crippen LogP contribution is 2.44. The van der Waals surface area contributed by atoms with Gasteiger partial charge in [0.25, 0.3) is 0 Å². The van der Waals surface area contributed by atoms with Crippen LogP contribution in [0.15, 0.2) is 36.5 Å². The number of urea groups is 1. The molecule has 1 aliphatic carbocycles. The molecule has 22 heavy (non-hydrogen) atoms. The van der Waals surface area contributed by atoms with Crippen molar-refractivity contribution in [1.82, 2.24) is 10.3 Å². The summed E-state index contributed by atoms with van der Waals surface area (Å²) >= 11 is 11.7. The Labute approximate surface area is 136 Å². The summed E-state index contributed by atoms with van der Waals surface area (Å²) in [7, 11) is 0. The van der Waals surface area contributed by atoms with Crippen LogP contribution in [-0.2, 0) is 0 Å². The first-order valence-corrected chi connectivity index (χ1v) is 7.43. The van der Waals surface area contributed by atoms with Crippen LogP contribution >= 0.6 is 23.2 Å². The summed E-state index contributed by atoms with van der Waals surface area (Å²) in [6, 6.07) is 7.27. The Morgan fingerprint density at radius 1 is 1.27 bits per heavy atom. The van der Waals surface area contributed by atoms with Crippen molar-refractivity contribution in [2.24, 2.45) is 0 Å². The van der Waals surface area contributed by atoms with Crippen LogP contribution in [0, 0.1) is 5.82 Å². The second-order valence-electron chi connectivity index (χ2n) is 5.04. The molecule has 0 saturated heterocycles. The lowest BCUT2D eigenvalue weighted by atomic mass is 10.1. The molecular formula is C15H12Cl2FN3O. The van der Waals surface area contributed by atoms with Crippen molar-refractivity contribution in [3.05, 3.63) is 58.0 Å². The second-order valence-corrected chi connectivity index (χ2v) is 5.89. The number of rotatable bonds is 3. The maximum Gasteiger partial charge on any atom is 0.320 e. The summed E-state index contributed by atoms with van der Waals surface area (Å²) in [5, 5.41) is 6.24. The molecule has 0 spiro atoms. The molecular weight excluding hydrogens is 328 g/mol. The van der Waals surface area contributed by atoms with E-state index in [1.165, 1.54) is 12.3 Å². The molecule has 1 saturated carbocycles. The quantitative estimate of drug-likeness (QED) is 0.880. The topological polar surface area (TPSA) is 54.0 Å². The highest BCUT2D eigenvalue weighted by Gasteiger charge is 2.42. The maximum absolute atomic E-state index is 13.8. The van der Waals surface area contributed by atoms with E-state index in [-0.39, 0.29) is 17.8 Å². The van der Waals surface area contributed by atoms with Gasteiger partial charge in [-0.2, -0.15) is 0 Å². The van der Waals surface area contributed by atoms with Crippen LogP contribution in [0.1, 0.15) is 17.9 Å². The van der Waals surface area contributed by atoms with Crippen LogP contribution in [0.5, 0.6) is 0 Å². The Morgan fingerprint density at radius 2 is 2.09 bits per heavy atom. The smallest absolute Gasteiger partial charge is 0.320 e. The normalized spacial score (nSPS) is 19.6. The average molecular weight is 340 g/mol. The van der Waals surface area contributed by atoms with Gasteiger partial charge in [-0.15, -0.1) is 0 Å². The van der Waals surface area contributed by atoms with Crippen molar-refractivity contribution in [3.8, 4) is 0 Å². The molecule has 2 atom stereocenters. The summed E-state index contributed by atoms with van der Waals surface area (Å²) < 4.78 is 13.8. The Kier molecular flexibility index (Phi) is 4.18. The number of hydrogen-bond donors (Lipinski definition) is 2. The number of carbonyl (C=O) groups is 1. The largest absolute Gasteiger partial charge is 0.334 e. The lowest BCUT2D eigenvalue weighted by Gasteiger charge is -2.08. The minimum atomic E-state index is -0.394. The number of aromatic nitrogens is 1. The molecule has 1 aliphatic rings. The van der Waals surface area contributed by atoms with Gasteiger partial charge in [-0.1, -0.05) is 29.3 Å². The lowest BCUT2D eigenvalue weighted by Crippen LogP contribution is -2.31. The maximum atomic E-state index is 13.8. The van der Waals surface area contributed by atoms with Crippen molar-refractivity contribution in [1.29, 1.82) is 0 Å². The highest BCUT2D eigenvalue weighted by molar-refractivity contribution is 6.31. The van der Waals surface area contributed by atoms with Gasteiger partial charge in [0.1, 0.15) is 11.6 Å². The standard InChI is InChI=1S/C15H12Cl2FN3O/c16-8-4-5-13(19-7-8)21-15(22)20-12-6-9(12)14-10(17)2-1-3-11(14)18/h1-5,7,9,12H,6H2,(H2,19,20,21,22). The molecule has 3 rings (SSSR count). The number of nitrogens with zero attached hydrogens (tertiary/aromatic N) is 1. The van der Waals surface area contributed by atoms with Gasteiger partial charge in [0.2, 0.25) is 0 Å². The van der Waals surface area contributed by atoms with Crippen molar-refractivity contribution < 1.29 is 9.18 Å². The zero-order chi connectivity index (χ0) is 15.7. The molecule has 2 amide bonds. The van der Waals surface area contributed by atoms with Gasteiger partial charge in [-0.05, 0) is 30.7 Å². The zero-order valence-corrected chi connectivity index (χ0v) is 12.8. The first-order valence-electron chi connectivity index (χ1n) is 6.67. The molecule has 1 heterocycles. The van der Waals surface area contributed by atoms with Crippen molar-refractivity contribution in [3.63, 3.8) is 0 Å². The Bertz CT molecular complexity index is 688. The number of hydrogen-bond acceptors (Lipinski definition) is 2. The molecule has 0 radical (unpaired) electrons. The van der Waals surface area contributed by atoms with E-state index in [0.29, 0.717) is 27.8 Å². The molecule has 2 unspecified atom stereocenters. The summed E-state index contributed by atoms with van der Waals surface area (Å²) in [6.07, 6.45) is 2.10. The third-order valence-electron chi connectivity index (χ3n) is 3.45. The number of nitrogens with one attached hydrogen (secondary N) is 2. The first-order chi connectivity index (χ1) is 10.5. The molecule has 2 N–H and O–H groups in total. The summed E-state index contributed by atoms with van der Waals surface area (Å²) in [4.78, 5) is 15.8. The van der Waals surface area contributed by atoms with Crippen LogP contribution in [0.4, 0.5) is 15.0 Å². The van der Waals surface area contributed by atoms with E-state index in [1.807, 2.05) is 0 Å². The number of anilines is 1. The number of pyridine rings is 1. The zero-order valence-electron chi connectivity index (χ0n) is 11.3. The van der Waals surface area contributed by atoms with Crippen molar-refractivity contribution in [2.75, 3.05) is 5.32 Å². The van der Waals surface area contributed by atoms with Crippen LogP contribution in [0.3, 0.4) is 0 Å². The van der Waals surface area contributed by atoms with Crippen molar-refractivity contribution in [2.45, 2.75) is 18.4 Å². The predicted octanol–water partition coefficient (Wildman–Crippen LogP) is 4.21. The summed E-state index contributed by atoms with van der Waals surface area (Å²) in [5.74, 6) is -0.0535. The van der Waals surface area contributed by atoms with E-state index in [0.717, 1.165) is 0 Å². The Balaban J connectivity index is 1.59. The minimum Gasteiger partial charge on any atom is -0.334 e. The third kappa shape index (κ3) is 3.31. The molecule has 1 aromatic heterocycles. The van der Waals surface area contributed by atoms with Crippen LogP contribution in [-0.4, -0.2) is 17.1 Å². The lowest BCUT2D eigenvalue weighted by molar-refractivity contribution is 0.251. The van der Waals surface area contributed by atoms with E-state index in [1.54, 1.807) is 24.3 Å². The third-order valence-corrected chi connectivity index (χ3v) is 4.00. The molecule has 2 aromatic rings. The van der Waals surface area contributed by atoms with Crippen LogP contribution in [0.2, 0.25) is 10.0 Å². The fourth-order valence-corrected chi connectivity index (χ4v) is 2.72. The first kappa shape index (κ1) is 15.1. The number of carbonyl (C=O) groups excluding carboxylic acids is 1. The summed E-state index contributed by atoms with van der Waals surface area (Å²) in [6.45, 7) is 0. The Morgan fingerprint density at radius 3 is 2.77 bits per heavy atom. The number of halogens is 3. The van der Waals surface area contributed by atoms with Gasteiger partial charge < -0.3 is 5.32 Å². The average Bonchev–Trinajstić information content (AvgIpc) is 3.20. The molecule has 0 bridgehead atoms. The van der Waals surface area contributed by atoms with Gasteiger partial charge >= 0.3 is 6.03 Å². The van der Waals surface area contributed by atoms with Crippen LogP contribution in [0.25, 0.3) is 0 Å². The molecule has 1 fully saturated rings. The Hall–Kier alpha value is -1.85. The molecule has 0 aliphatic heterocycles. The SMILES string of the molecule is O=C(Nc1ccc(Cl)cn1)NC1CC1c1c(F)cccc1Cl. The van der Waals surface area contributed by atoms with E-state index < -0.39 is 6.03 Å². The van der Waals surface area contributed by atoms with E-state index in [9.17, 15) is 9.18 Å². The second kappa shape index (κ2) is 6.10. The highest BCUT2D eigenvalue weighted by atomic mass is 35.5. The fraction of sp³-hybridized carbons (Fsp3) is 0.200.